The molecule has 3 N–H and O–H groups in total. The molecule has 0 aliphatic rings. The number of hydrogen-bond donors (Lipinski definition) is 2. The largest absolute Gasteiger partial charge is 0.490 e. The average Bonchev–Trinajstić information content (AvgIpc) is 3.14. The van der Waals surface area contributed by atoms with Gasteiger partial charge in [0.15, 0.2) is 17.3 Å². The maximum absolute atomic E-state index is 13.1. The van der Waals surface area contributed by atoms with E-state index >= 15 is 0 Å². The molecule has 1 aromatic heterocycles. The third kappa shape index (κ3) is 3.83. The Bertz CT molecular complexity index is 864. The number of hydrogen-bond acceptors (Lipinski definition) is 5. The standard InChI is InChI=1S/C19H21FN4O2/c1-3-25-15-10-7-13(11-16(15)26-4-2)18-22-19(24-23-18)17(21)12-5-8-14(20)9-6-12/h5-11,17H,3-4,21H2,1-2H3,(H,22,23,24)/t17-/m0/s1. The summed E-state index contributed by atoms with van der Waals surface area (Å²) in [6.45, 7) is 4.91. The summed E-state index contributed by atoms with van der Waals surface area (Å²) in [5.41, 5.74) is 7.73. The fourth-order valence-corrected chi connectivity index (χ4v) is 2.56. The lowest BCUT2D eigenvalue weighted by atomic mass is 10.1. The molecule has 0 aliphatic heterocycles. The minimum absolute atomic E-state index is 0.308. The first-order valence-electron chi connectivity index (χ1n) is 8.45. The monoisotopic (exact) mass is 356 g/mol. The Balaban J connectivity index is 1.87. The number of benzene rings is 2. The number of ether oxygens (including phenoxy) is 2. The van der Waals surface area contributed by atoms with Crippen molar-refractivity contribution in [3.05, 3.63) is 59.7 Å². The summed E-state index contributed by atoms with van der Waals surface area (Å²) < 4.78 is 24.3. The van der Waals surface area contributed by atoms with Crippen LogP contribution in [-0.2, 0) is 0 Å². The van der Waals surface area contributed by atoms with E-state index in [9.17, 15) is 4.39 Å². The van der Waals surface area contributed by atoms with Crippen molar-refractivity contribution in [1.82, 2.24) is 15.2 Å². The first-order valence-corrected chi connectivity index (χ1v) is 8.45. The van der Waals surface area contributed by atoms with E-state index < -0.39 is 6.04 Å². The van der Waals surface area contributed by atoms with Gasteiger partial charge in [-0.1, -0.05) is 12.1 Å². The summed E-state index contributed by atoms with van der Waals surface area (Å²) in [6.07, 6.45) is 0. The van der Waals surface area contributed by atoms with Crippen molar-refractivity contribution in [1.29, 1.82) is 0 Å². The zero-order chi connectivity index (χ0) is 18.5. The van der Waals surface area contributed by atoms with Crippen molar-refractivity contribution in [2.45, 2.75) is 19.9 Å². The van der Waals surface area contributed by atoms with Crippen LogP contribution < -0.4 is 15.2 Å². The van der Waals surface area contributed by atoms with E-state index in [1.165, 1.54) is 12.1 Å². The van der Waals surface area contributed by atoms with Crippen LogP contribution in [0.3, 0.4) is 0 Å². The van der Waals surface area contributed by atoms with Crippen LogP contribution in [0, 0.1) is 5.82 Å². The van der Waals surface area contributed by atoms with Crippen LogP contribution >= 0.6 is 0 Å². The molecule has 0 aliphatic carbocycles. The Kier molecular flexibility index (Phi) is 5.48. The lowest BCUT2D eigenvalue weighted by Crippen LogP contribution is -2.13. The van der Waals surface area contributed by atoms with Gasteiger partial charge in [-0.3, -0.25) is 5.10 Å². The number of halogens is 1. The van der Waals surface area contributed by atoms with Crippen molar-refractivity contribution in [3.8, 4) is 22.9 Å². The molecule has 0 spiro atoms. The summed E-state index contributed by atoms with van der Waals surface area (Å²) in [4.78, 5) is 4.47. The number of aromatic amines is 1. The first-order chi connectivity index (χ1) is 12.6. The van der Waals surface area contributed by atoms with Crippen molar-refractivity contribution in [2.75, 3.05) is 13.2 Å². The molecule has 26 heavy (non-hydrogen) atoms. The Morgan fingerprint density at radius 1 is 1.04 bits per heavy atom. The second kappa shape index (κ2) is 7.97. The van der Waals surface area contributed by atoms with Gasteiger partial charge in [-0.2, -0.15) is 5.10 Å². The second-order valence-corrected chi connectivity index (χ2v) is 5.60. The van der Waals surface area contributed by atoms with Gasteiger partial charge in [-0.05, 0) is 49.7 Å². The molecule has 1 heterocycles. The summed E-state index contributed by atoms with van der Waals surface area (Å²) in [6, 6.07) is 11.0. The van der Waals surface area contributed by atoms with E-state index in [4.69, 9.17) is 15.2 Å². The summed E-state index contributed by atoms with van der Waals surface area (Å²) in [5.74, 6) is 2.01. The maximum atomic E-state index is 13.1. The van der Waals surface area contributed by atoms with Crippen LogP contribution in [0.5, 0.6) is 11.5 Å². The van der Waals surface area contributed by atoms with Crippen LogP contribution in [0.4, 0.5) is 4.39 Å². The highest BCUT2D eigenvalue weighted by Gasteiger charge is 2.16. The smallest absolute Gasteiger partial charge is 0.181 e. The summed E-state index contributed by atoms with van der Waals surface area (Å²) >= 11 is 0. The molecule has 3 rings (SSSR count). The Morgan fingerprint density at radius 2 is 1.73 bits per heavy atom. The number of rotatable bonds is 7. The van der Waals surface area contributed by atoms with E-state index in [1.807, 2.05) is 32.0 Å². The molecule has 0 amide bonds. The molecule has 0 saturated heterocycles. The van der Waals surface area contributed by atoms with E-state index in [-0.39, 0.29) is 5.82 Å². The highest BCUT2D eigenvalue weighted by Crippen LogP contribution is 2.32. The van der Waals surface area contributed by atoms with Crippen LogP contribution in [0.1, 0.15) is 31.3 Å². The molecule has 0 unspecified atom stereocenters. The second-order valence-electron chi connectivity index (χ2n) is 5.60. The van der Waals surface area contributed by atoms with Gasteiger partial charge in [-0.25, -0.2) is 9.37 Å². The Hall–Kier alpha value is -2.93. The van der Waals surface area contributed by atoms with E-state index in [1.54, 1.807) is 12.1 Å². The third-order valence-corrected chi connectivity index (χ3v) is 3.83. The number of nitrogens with zero attached hydrogens (tertiary/aromatic N) is 2. The maximum Gasteiger partial charge on any atom is 0.181 e. The van der Waals surface area contributed by atoms with Gasteiger partial charge in [0.2, 0.25) is 0 Å². The molecule has 2 aromatic carbocycles. The fraction of sp³-hybridized carbons (Fsp3) is 0.263. The zero-order valence-corrected chi connectivity index (χ0v) is 14.7. The van der Waals surface area contributed by atoms with Gasteiger partial charge in [-0.15, -0.1) is 0 Å². The summed E-state index contributed by atoms with van der Waals surface area (Å²) in [5, 5.41) is 7.10. The molecule has 3 aromatic rings. The predicted molar refractivity (Wildman–Crippen MR) is 96.6 cm³/mol. The van der Waals surface area contributed by atoms with Crippen molar-refractivity contribution >= 4 is 0 Å². The lowest BCUT2D eigenvalue weighted by Gasteiger charge is -2.11. The minimum atomic E-state index is -0.522. The normalized spacial score (nSPS) is 12.0. The molecule has 7 heteroatoms. The zero-order valence-electron chi connectivity index (χ0n) is 14.7. The fourth-order valence-electron chi connectivity index (χ4n) is 2.56. The Labute approximate surface area is 151 Å². The molecule has 1 atom stereocenters. The van der Waals surface area contributed by atoms with Gasteiger partial charge in [0, 0.05) is 5.56 Å². The van der Waals surface area contributed by atoms with Gasteiger partial charge in [0.05, 0.1) is 19.3 Å². The van der Waals surface area contributed by atoms with E-state index in [0.29, 0.717) is 36.4 Å². The average molecular weight is 356 g/mol. The van der Waals surface area contributed by atoms with E-state index in [0.717, 1.165) is 11.1 Å². The van der Waals surface area contributed by atoms with Crippen LogP contribution in [0.2, 0.25) is 0 Å². The van der Waals surface area contributed by atoms with Gasteiger partial charge in [0.1, 0.15) is 11.6 Å². The highest BCUT2D eigenvalue weighted by atomic mass is 19.1. The molecule has 0 radical (unpaired) electrons. The Morgan fingerprint density at radius 3 is 2.42 bits per heavy atom. The number of nitrogens with two attached hydrogens (primary N) is 1. The summed E-state index contributed by atoms with van der Waals surface area (Å²) in [7, 11) is 0. The van der Waals surface area contributed by atoms with Gasteiger partial charge < -0.3 is 15.2 Å². The SMILES string of the molecule is CCOc1ccc(-c2n[nH]c([C@@H](N)c3ccc(F)cc3)n2)cc1OCC. The first kappa shape index (κ1) is 17.9. The lowest BCUT2D eigenvalue weighted by molar-refractivity contribution is 0.288. The quantitative estimate of drug-likeness (QED) is 0.677. The molecule has 0 fully saturated rings. The molecular formula is C19H21FN4O2. The predicted octanol–water partition coefficient (Wildman–Crippen LogP) is 3.46. The van der Waals surface area contributed by atoms with Crippen LogP contribution in [0.25, 0.3) is 11.4 Å². The molecule has 0 saturated carbocycles. The van der Waals surface area contributed by atoms with Gasteiger partial charge in [0.25, 0.3) is 0 Å². The van der Waals surface area contributed by atoms with Crippen LogP contribution in [-0.4, -0.2) is 28.4 Å². The third-order valence-electron chi connectivity index (χ3n) is 3.83. The van der Waals surface area contributed by atoms with E-state index in [2.05, 4.69) is 15.2 Å². The molecule has 0 bridgehead atoms. The highest BCUT2D eigenvalue weighted by molar-refractivity contribution is 5.61. The molecular weight excluding hydrogens is 335 g/mol. The topological polar surface area (TPSA) is 86.0 Å². The molecule has 6 nitrogen and oxygen atoms in total. The van der Waals surface area contributed by atoms with Gasteiger partial charge >= 0.3 is 0 Å². The van der Waals surface area contributed by atoms with Crippen molar-refractivity contribution in [2.24, 2.45) is 5.73 Å². The van der Waals surface area contributed by atoms with Crippen LogP contribution in [0.15, 0.2) is 42.5 Å². The number of nitrogens with one attached hydrogen (secondary N) is 1. The number of aromatic nitrogens is 3. The molecule has 136 valence electrons. The van der Waals surface area contributed by atoms with Crippen molar-refractivity contribution < 1.29 is 13.9 Å². The minimum Gasteiger partial charge on any atom is -0.490 e. The number of H-pyrrole nitrogens is 1. The van der Waals surface area contributed by atoms with Crippen molar-refractivity contribution in [3.63, 3.8) is 0 Å².